The molecular formula is C71H93N13O11S. The number of aryl methyl sites for hydroxylation is 4. The summed E-state index contributed by atoms with van der Waals surface area (Å²) < 4.78 is 51.5. The van der Waals surface area contributed by atoms with Crippen molar-refractivity contribution >= 4 is 62.5 Å². The average Bonchev–Trinajstić information content (AvgIpc) is 1.47. The van der Waals surface area contributed by atoms with Gasteiger partial charge in [0.1, 0.15) is 40.1 Å². The number of carbonyl (C=O) groups is 3. The zero-order valence-corrected chi connectivity index (χ0v) is 57.9. The summed E-state index contributed by atoms with van der Waals surface area (Å²) in [5.41, 5.74) is 6.33. The molecule has 1 unspecified atom stereocenters. The number of unbranched alkanes of at least 4 members (excludes halogenated alkanes) is 5. The normalized spacial score (nSPS) is 12.9. The smallest absolute Gasteiger partial charge is 0.328 e. The number of ether oxygens (including phenoxy) is 5. The van der Waals surface area contributed by atoms with Gasteiger partial charge in [0.05, 0.1) is 62.3 Å². The molecule has 0 radical (unpaired) electrons. The molecule has 0 bridgehead atoms. The lowest BCUT2D eigenvalue weighted by atomic mass is 10.0. The second kappa shape index (κ2) is 34.1. The number of aromatic nitrogens is 6. The molecule has 1 fully saturated rings. The maximum absolute atomic E-state index is 13.8. The van der Waals surface area contributed by atoms with Crippen LogP contribution in [-0.4, -0.2) is 154 Å². The molecule has 0 aliphatic carbocycles. The van der Waals surface area contributed by atoms with Crippen LogP contribution in [0.2, 0.25) is 0 Å². The lowest BCUT2D eigenvalue weighted by Gasteiger charge is -2.35. The van der Waals surface area contributed by atoms with Crippen LogP contribution < -0.4 is 60.5 Å². The number of benzene rings is 4. The highest BCUT2D eigenvalue weighted by molar-refractivity contribution is 7.92. The molecule has 96 heavy (non-hydrogen) atoms. The Morgan fingerprint density at radius 3 is 2.14 bits per heavy atom. The molecule has 5 N–H and O–H groups in total. The fraction of sp³-hybridized carbons (Fsp3) is 0.451. The van der Waals surface area contributed by atoms with E-state index < -0.39 is 11.4 Å². The Bertz CT molecular complexity index is 4080. The van der Waals surface area contributed by atoms with Gasteiger partial charge in [-0.05, 0) is 133 Å². The van der Waals surface area contributed by atoms with Gasteiger partial charge in [0.2, 0.25) is 11.8 Å². The van der Waals surface area contributed by atoms with Crippen molar-refractivity contribution in [2.45, 2.75) is 110 Å². The number of amides is 3. The number of likely N-dealkylation sites (N-methyl/N-ethyl adjacent to an activating group) is 1. The lowest BCUT2D eigenvalue weighted by Crippen LogP contribution is -2.48. The van der Waals surface area contributed by atoms with Gasteiger partial charge in [-0.15, -0.1) is 0 Å². The summed E-state index contributed by atoms with van der Waals surface area (Å²) in [6.07, 6.45) is 11.0. The third-order valence-electron chi connectivity index (χ3n) is 17.1. The lowest BCUT2D eigenvalue weighted by molar-refractivity contribution is -0.122. The van der Waals surface area contributed by atoms with Crippen molar-refractivity contribution < 1.29 is 42.6 Å². The molecular weight excluding hydrogens is 1240 g/mol. The molecule has 3 amide bonds. The van der Waals surface area contributed by atoms with Crippen molar-refractivity contribution in [3.8, 4) is 45.6 Å². The number of methoxy groups -OCH3 is 2. The van der Waals surface area contributed by atoms with E-state index in [4.69, 9.17) is 28.7 Å². The Kier molecular flexibility index (Phi) is 25.3. The van der Waals surface area contributed by atoms with Crippen molar-refractivity contribution in [3.63, 3.8) is 0 Å². The highest BCUT2D eigenvalue weighted by Crippen LogP contribution is 2.39. The second-order valence-electron chi connectivity index (χ2n) is 24.7. The summed E-state index contributed by atoms with van der Waals surface area (Å²) in [5.74, 6) is 3.41. The van der Waals surface area contributed by atoms with Crippen molar-refractivity contribution in [1.82, 2.24) is 54.6 Å². The van der Waals surface area contributed by atoms with Crippen LogP contribution >= 0.6 is 0 Å². The molecule has 1 saturated heterocycles. The molecule has 0 spiro atoms. The summed E-state index contributed by atoms with van der Waals surface area (Å²) in [6.45, 7) is 17.1. The largest absolute Gasteiger partial charge is 0.588 e. The van der Waals surface area contributed by atoms with Crippen LogP contribution in [0.4, 0.5) is 11.5 Å². The highest BCUT2D eigenvalue weighted by Gasteiger charge is 2.24. The van der Waals surface area contributed by atoms with Gasteiger partial charge in [0, 0.05) is 138 Å². The summed E-state index contributed by atoms with van der Waals surface area (Å²) >= 11 is -1.77. The molecule has 514 valence electrons. The highest BCUT2D eigenvalue weighted by atomic mass is 32.2. The molecule has 24 nitrogen and oxygen atoms in total. The minimum Gasteiger partial charge on any atom is -0.588 e. The third-order valence-corrected chi connectivity index (χ3v) is 18.2. The van der Waals surface area contributed by atoms with E-state index in [-0.39, 0.29) is 41.6 Å². The van der Waals surface area contributed by atoms with Gasteiger partial charge in [0.25, 0.3) is 11.5 Å². The number of carbonyl (C=O) groups excluding carboxylic acids is 3. The quantitative estimate of drug-likeness (QED) is 0.0183. The zero-order chi connectivity index (χ0) is 68.4. The molecule has 1 aliphatic heterocycles. The monoisotopic (exact) mass is 1340 g/mol. The Morgan fingerprint density at radius 2 is 1.43 bits per heavy atom. The number of rotatable bonds is 35. The van der Waals surface area contributed by atoms with Gasteiger partial charge in [-0.1, -0.05) is 26.2 Å². The van der Waals surface area contributed by atoms with Crippen molar-refractivity contribution in [1.29, 1.82) is 0 Å². The van der Waals surface area contributed by atoms with Crippen LogP contribution in [0.1, 0.15) is 112 Å². The molecule has 4 aromatic carbocycles. The number of nitrogens with one attached hydrogen (secondary N) is 5. The Balaban J connectivity index is 0.630. The predicted octanol–water partition coefficient (Wildman–Crippen LogP) is 9.32. The number of fused-ring (bicyclic) bond motifs is 2. The molecule has 4 aromatic heterocycles. The van der Waals surface area contributed by atoms with E-state index in [0.29, 0.717) is 113 Å². The maximum atomic E-state index is 13.8. The van der Waals surface area contributed by atoms with Crippen LogP contribution in [0.25, 0.3) is 33.1 Å². The van der Waals surface area contributed by atoms with Crippen molar-refractivity contribution in [3.05, 3.63) is 134 Å². The Labute approximate surface area is 564 Å². The van der Waals surface area contributed by atoms with E-state index in [1.54, 1.807) is 62.8 Å². The maximum Gasteiger partial charge on any atom is 0.328 e. The van der Waals surface area contributed by atoms with Crippen molar-refractivity contribution in [2.75, 3.05) is 103 Å². The summed E-state index contributed by atoms with van der Waals surface area (Å²) in [7, 11) is 8.34. The summed E-state index contributed by atoms with van der Waals surface area (Å²) in [5, 5.41) is 14.5. The van der Waals surface area contributed by atoms with E-state index in [1.807, 2.05) is 73.9 Å². The number of nitrogens with zero attached hydrogens (tertiary/aromatic N) is 8. The van der Waals surface area contributed by atoms with Crippen LogP contribution in [0.15, 0.2) is 106 Å². The van der Waals surface area contributed by atoms with E-state index in [1.165, 1.54) is 23.4 Å². The van der Waals surface area contributed by atoms with Gasteiger partial charge in [-0.25, -0.2) is 9.78 Å². The van der Waals surface area contributed by atoms with Crippen LogP contribution in [0.5, 0.6) is 34.5 Å². The number of piperazine rings is 1. The fourth-order valence-electron chi connectivity index (χ4n) is 11.8. The van der Waals surface area contributed by atoms with E-state index >= 15 is 0 Å². The van der Waals surface area contributed by atoms with Crippen LogP contribution in [0.3, 0.4) is 0 Å². The first-order valence-corrected chi connectivity index (χ1v) is 34.3. The van der Waals surface area contributed by atoms with Gasteiger partial charge < -0.3 is 54.1 Å². The number of pyridine rings is 2. The number of anilines is 2. The molecule has 8 aromatic rings. The summed E-state index contributed by atoms with van der Waals surface area (Å²) in [4.78, 5) is 79.8. The number of imidazole rings is 1. The molecule has 1 aliphatic rings. The topological polar surface area (TPSA) is 269 Å². The summed E-state index contributed by atoms with van der Waals surface area (Å²) in [6, 6.07) is 23.8. The molecule has 9 rings (SSSR count). The number of aromatic amines is 1. The third kappa shape index (κ3) is 18.7. The van der Waals surface area contributed by atoms with Gasteiger partial charge in [0.15, 0.2) is 22.1 Å². The first kappa shape index (κ1) is 71.3. The first-order chi connectivity index (χ1) is 46.3. The Morgan fingerprint density at radius 1 is 0.719 bits per heavy atom. The van der Waals surface area contributed by atoms with Crippen LogP contribution in [-0.2, 0) is 41.6 Å². The second-order valence-corrected chi connectivity index (χ2v) is 25.9. The number of H-pyrrole nitrogens is 1. The van der Waals surface area contributed by atoms with E-state index in [2.05, 4.69) is 60.5 Å². The average molecular weight is 1340 g/mol. The first-order valence-electron chi connectivity index (χ1n) is 33.1. The van der Waals surface area contributed by atoms with Crippen molar-refractivity contribution in [2.24, 2.45) is 14.1 Å². The Hall–Kier alpha value is -9.04. The molecule has 25 heteroatoms. The van der Waals surface area contributed by atoms with Gasteiger partial charge in [-0.2, -0.15) is 9.82 Å². The fourth-order valence-corrected chi connectivity index (χ4v) is 12.7. The van der Waals surface area contributed by atoms with Gasteiger partial charge >= 0.3 is 5.69 Å². The van der Waals surface area contributed by atoms with E-state index in [0.717, 1.165) is 123 Å². The number of hydrogen-bond acceptors (Lipinski definition) is 17. The van der Waals surface area contributed by atoms with Crippen LogP contribution in [0, 0.1) is 13.8 Å². The predicted molar refractivity (Wildman–Crippen MR) is 376 cm³/mol. The SMILES string of the molecule is CCCOc1cc(OCCCCN(C)CC(=O)NCCCCCCCC(=O)NCCN2CCN(c3ccc(-c4cc(C(=O)NCc5c(C)cc(C)[nH]c5=O)c5cnn(C(C)C)c5c4)cn3)CC2)cc(Oc2cc3c(cc2N[S+]([O-])c2ccc(OC)c(OC)c2)n(C)c(=O)n3C)c1. The standard InChI is InChI=1S/C71H93N13O11S/c1-11-32-93-52-37-53(39-54(38-52)95-64-42-62-61(80(7)71(89)81(62)8)41-59(64)78-96(90)55-21-22-63(91-9)65(40-55)92-10)94-33-18-17-26-79(6)46-68(86)72-24-16-14-12-13-15-19-67(85)73-25-27-82-28-30-83(31-29-82)66-23-20-50(43-74-66)51-35-56(58-45-76-84(47(2)3)60(58)36-51)69(87)75-44-57-48(4)34-49(5)77-70(57)88/h20-23,34-43,45,47,78H,11-19,24-33,44,46H2,1-10H3,(H,72,86)(H,73,85)(H,75,87)(H,77,88). The minimum absolute atomic E-state index is 0.0151. The van der Waals surface area contributed by atoms with Gasteiger partial charge in [-0.3, -0.25) is 42.8 Å². The zero-order valence-electron chi connectivity index (χ0n) is 57.1. The minimum atomic E-state index is -1.77. The van der Waals surface area contributed by atoms with E-state index in [9.17, 15) is 28.5 Å². The molecule has 1 atom stereocenters. The molecule has 5 heterocycles. The number of hydrogen-bond donors (Lipinski definition) is 5. The molecule has 0 saturated carbocycles.